The highest BCUT2D eigenvalue weighted by Gasteiger charge is 2.46. The van der Waals surface area contributed by atoms with Gasteiger partial charge in [-0.1, -0.05) is 75.4 Å². The zero-order valence-corrected chi connectivity index (χ0v) is 46.1. The Labute approximate surface area is 454 Å². The largest absolute Gasteiger partial charge is 0.352 e. The average Bonchev–Trinajstić information content (AvgIpc) is 3.89. The Balaban J connectivity index is 0.968. The number of benzene rings is 3. The zero-order valence-electron chi connectivity index (χ0n) is 46.1. The van der Waals surface area contributed by atoms with Crippen LogP contribution in [0.15, 0.2) is 72.8 Å². The first-order valence-electron chi connectivity index (χ1n) is 27.9. The average molecular weight is 1060 g/mol. The molecule has 0 bridgehead atoms. The van der Waals surface area contributed by atoms with Gasteiger partial charge in [0, 0.05) is 36.8 Å². The van der Waals surface area contributed by atoms with Gasteiger partial charge in [0.15, 0.2) is 0 Å². The maximum Gasteiger partial charge on any atom is 0.251 e. The van der Waals surface area contributed by atoms with Crippen LogP contribution in [0.3, 0.4) is 0 Å². The molecule has 7 rings (SSSR count). The summed E-state index contributed by atoms with van der Waals surface area (Å²) in [5, 5.41) is 24.1. The summed E-state index contributed by atoms with van der Waals surface area (Å²) in [6, 6.07) is 16.9. The number of aryl methyl sites for hydroxylation is 2. The lowest BCUT2D eigenvalue weighted by Crippen LogP contribution is -2.59. The Morgan fingerprint density at radius 1 is 0.610 bits per heavy atom. The van der Waals surface area contributed by atoms with Gasteiger partial charge in [-0.05, 0) is 157 Å². The number of carbonyl (C=O) groups is 8. The molecule has 0 aromatic heterocycles. The molecule has 3 aromatic carbocycles. The number of unbranched alkanes of at least 4 members (excludes halogenated alkanes) is 1. The van der Waals surface area contributed by atoms with E-state index < -0.39 is 65.4 Å². The van der Waals surface area contributed by atoms with E-state index >= 15 is 0 Å². The molecule has 0 radical (unpaired) electrons. The molecule has 4 aliphatic rings. The summed E-state index contributed by atoms with van der Waals surface area (Å²) in [5.41, 5.74) is 4.30. The number of carbonyl (C=O) groups excluding carboxylic acids is 8. The first kappa shape index (κ1) is 58.0. The molecule has 77 heavy (non-hydrogen) atoms. The van der Waals surface area contributed by atoms with Crippen molar-refractivity contribution in [3.05, 3.63) is 106 Å². The van der Waals surface area contributed by atoms with E-state index in [1.165, 1.54) is 22.1 Å². The van der Waals surface area contributed by atoms with Crippen LogP contribution >= 0.6 is 0 Å². The lowest BCUT2D eigenvalue weighted by molar-refractivity contribution is -0.145. The molecule has 2 fully saturated rings. The second-order valence-corrected chi connectivity index (χ2v) is 22.5. The Bertz CT molecular complexity index is 2620. The van der Waals surface area contributed by atoms with Crippen molar-refractivity contribution in [3.63, 3.8) is 0 Å². The molecular formula is C59H82N10O8. The van der Waals surface area contributed by atoms with Crippen LogP contribution in [0.25, 0.3) is 0 Å². The minimum atomic E-state index is -0.976. The first-order valence-corrected chi connectivity index (χ1v) is 27.9. The minimum Gasteiger partial charge on any atom is -0.352 e. The topological polar surface area (TPSA) is 239 Å². The summed E-state index contributed by atoms with van der Waals surface area (Å²) < 4.78 is 0. The van der Waals surface area contributed by atoms with Crippen LogP contribution in [-0.2, 0) is 41.6 Å². The molecule has 2 saturated heterocycles. The van der Waals surface area contributed by atoms with Gasteiger partial charge in [-0.3, -0.25) is 38.4 Å². The van der Waals surface area contributed by atoms with Crippen molar-refractivity contribution in [2.24, 2.45) is 5.41 Å². The second kappa shape index (κ2) is 26.6. The van der Waals surface area contributed by atoms with E-state index in [4.69, 9.17) is 0 Å². The number of piperidine rings is 1. The summed E-state index contributed by atoms with van der Waals surface area (Å²) in [7, 11) is 3.33. The zero-order chi connectivity index (χ0) is 55.4. The van der Waals surface area contributed by atoms with Crippen LogP contribution in [0.1, 0.15) is 160 Å². The SMILES string of the molecule is CN[C@@H](C)C(=O)N[C@@H](CCCCNC(=O)c1cccc(C(=O)N[C@H]2C[C@@H](C(=O)N[C@@H]3CCCc4ccccc43)N(C(=O)[C@@H](NC(=O)[C@H](C)NC)C(C)(C)C)C2)c1)C(=O)N1CCCC[C@H]1C(=O)N[C@@H]1CCCc2ccccc21. The van der Waals surface area contributed by atoms with E-state index in [2.05, 4.69) is 60.7 Å². The fourth-order valence-corrected chi connectivity index (χ4v) is 11.2. The normalized spacial score (nSPS) is 21.7. The fraction of sp³-hybridized carbons (Fsp3) is 0.559. The molecule has 18 heteroatoms. The lowest BCUT2D eigenvalue weighted by Gasteiger charge is -2.38. The predicted octanol–water partition coefficient (Wildman–Crippen LogP) is 4.29. The predicted molar refractivity (Wildman–Crippen MR) is 294 cm³/mol. The number of likely N-dealkylation sites (N-methyl/N-ethyl adjacent to an activating group) is 2. The highest BCUT2D eigenvalue weighted by molar-refractivity contribution is 6.00. The van der Waals surface area contributed by atoms with Crippen LogP contribution in [-0.4, -0.2) is 133 Å². The van der Waals surface area contributed by atoms with Crippen LogP contribution in [0.5, 0.6) is 0 Å². The number of rotatable bonds is 20. The summed E-state index contributed by atoms with van der Waals surface area (Å²) in [5.74, 6) is -2.85. The van der Waals surface area contributed by atoms with E-state index in [9.17, 15) is 38.4 Å². The van der Waals surface area contributed by atoms with Crippen molar-refractivity contribution in [2.75, 3.05) is 33.7 Å². The number of nitrogens with one attached hydrogen (secondary N) is 8. The number of hydrogen-bond acceptors (Lipinski definition) is 10. The minimum absolute atomic E-state index is 0.0165. The van der Waals surface area contributed by atoms with Crippen LogP contribution < -0.4 is 42.5 Å². The molecule has 3 aromatic rings. The number of likely N-dealkylation sites (tertiary alicyclic amines) is 2. The van der Waals surface area contributed by atoms with Gasteiger partial charge < -0.3 is 52.3 Å². The van der Waals surface area contributed by atoms with Crippen molar-refractivity contribution in [2.45, 2.75) is 172 Å². The van der Waals surface area contributed by atoms with Gasteiger partial charge in [-0.25, -0.2) is 0 Å². The second-order valence-electron chi connectivity index (χ2n) is 22.5. The standard InChI is InChI=1S/C59H82N10O8/c1-36(60-6)51(70)66-47(57(76)68-32-15-13-30-48(68)55(74)64-45-28-17-21-38-19-8-10-25-43(38)45)27-12-14-31-62-53(72)40-23-16-24-41(33-40)54(73)63-42-34-49(56(75)65-46-29-18-22-39-20-9-11-26-44(39)46)69(35-42)58(77)50(59(3,4)5)67-52(71)37(2)61-7/h8-11,16,19-20,23-26,33,36-37,42,45-50,60-61H,12-15,17-18,21-22,27-32,34-35H2,1-7H3,(H,62,72)(H,63,73)(H,64,74)(H,65,75)(H,66,70)(H,67,71)/t36-,37-,42-,45+,46+,47-,48-,49-,50+/m0/s1. The van der Waals surface area contributed by atoms with E-state index in [-0.39, 0.29) is 78.7 Å². The van der Waals surface area contributed by atoms with E-state index in [0.717, 1.165) is 62.5 Å². The van der Waals surface area contributed by atoms with Crippen molar-refractivity contribution in [3.8, 4) is 0 Å². The third kappa shape index (κ3) is 14.7. The summed E-state index contributed by atoms with van der Waals surface area (Å²) >= 11 is 0. The monoisotopic (exact) mass is 1060 g/mol. The Hall–Kier alpha value is -6.66. The fourth-order valence-electron chi connectivity index (χ4n) is 11.2. The third-order valence-corrected chi connectivity index (χ3v) is 15.9. The van der Waals surface area contributed by atoms with E-state index in [1.807, 2.05) is 51.1 Å². The molecule has 18 nitrogen and oxygen atoms in total. The first-order chi connectivity index (χ1) is 36.9. The van der Waals surface area contributed by atoms with E-state index in [1.54, 1.807) is 51.0 Å². The lowest BCUT2D eigenvalue weighted by atomic mass is 9.85. The highest BCUT2D eigenvalue weighted by Crippen LogP contribution is 2.33. The van der Waals surface area contributed by atoms with E-state index in [0.29, 0.717) is 25.8 Å². The Kier molecular flexibility index (Phi) is 20.0. The Morgan fingerprint density at radius 3 is 1.78 bits per heavy atom. The molecule has 2 aliphatic heterocycles. The Morgan fingerprint density at radius 2 is 1.18 bits per heavy atom. The molecular weight excluding hydrogens is 977 g/mol. The van der Waals surface area contributed by atoms with Gasteiger partial charge in [-0.2, -0.15) is 0 Å². The molecule has 8 amide bonds. The molecule has 2 heterocycles. The summed E-state index contributed by atoms with van der Waals surface area (Å²) in [6.07, 6.45) is 8.76. The van der Waals surface area contributed by atoms with Gasteiger partial charge in [0.25, 0.3) is 11.8 Å². The van der Waals surface area contributed by atoms with Gasteiger partial charge in [-0.15, -0.1) is 0 Å². The highest BCUT2D eigenvalue weighted by atomic mass is 16.2. The molecule has 416 valence electrons. The molecule has 9 atom stereocenters. The number of fused-ring (bicyclic) bond motifs is 2. The molecule has 0 saturated carbocycles. The van der Waals surface area contributed by atoms with Crippen LogP contribution in [0.2, 0.25) is 0 Å². The van der Waals surface area contributed by atoms with Gasteiger partial charge >= 0.3 is 0 Å². The molecule has 0 unspecified atom stereocenters. The number of amides is 8. The van der Waals surface area contributed by atoms with Crippen molar-refractivity contribution in [1.29, 1.82) is 0 Å². The quantitative estimate of drug-likeness (QED) is 0.0748. The van der Waals surface area contributed by atoms with Crippen LogP contribution in [0.4, 0.5) is 0 Å². The smallest absolute Gasteiger partial charge is 0.251 e. The van der Waals surface area contributed by atoms with Gasteiger partial charge in [0.05, 0.1) is 24.2 Å². The van der Waals surface area contributed by atoms with Crippen molar-refractivity contribution < 1.29 is 38.4 Å². The molecule has 2 aliphatic carbocycles. The number of nitrogens with zero attached hydrogens (tertiary/aromatic N) is 2. The summed E-state index contributed by atoms with van der Waals surface area (Å²) in [6.45, 7) is 9.64. The summed E-state index contributed by atoms with van der Waals surface area (Å²) in [4.78, 5) is 114. The molecule has 0 spiro atoms. The maximum absolute atomic E-state index is 14.6. The van der Waals surface area contributed by atoms with Crippen LogP contribution in [0, 0.1) is 5.41 Å². The maximum atomic E-state index is 14.6. The molecule has 8 N–H and O–H groups in total. The van der Waals surface area contributed by atoms with Gasteiger partial charge in [0.2, 0.25) is 35.4 Å². The number of hydrogen-bond donors (Lipinski definition) is 8. The van der Waals surface area contributed by atoms with Crippen molar-refractivity contribution in [1.82, 2.24) is 52.3 Å². The third-order valence-electron chi connectivity index (χ3n) is 15.9. The van der Waals surface area contributed by atoms with Crippen molar-refractivity contribution >= 4 is 47.3 Å². The van der Waals surface area contributed by atoms with Gasteiger partial charge in [0.1, 0.15) is 24.2 Å².